The van der Waals surface area contributed by atoms with Crippen LogP contribution in [0, 0.1) is 12.8 Å². The van der Waals surface area contributed by atoms with Crippen molar-refractivity contribution >= 4 is 17.2 Å². The second-order valence-corrected chi connectivity index (χ2v) is 6.93. The molecule has 1 atom stereocenters. The molecule has 0 spiro atoms. The van der Waals surface area contributed by atoms with Crippen LogP contribution in [0.4, 0.5) is 0 Å². The Kier molecular flexibility index (Phi) is 3.84. The van der Waals surface area contributed by atoms with Gasteiger partial charge >= 0.3 is 0 Å². The topological polar surface area (TPSA) is 45.2 Å². The molecule has 5 heteroatoms. The lowest BCUT2D eigenvalue weighted by Gasteiger charge is -2.25. The van der Waals surface area contributed by atoms with Gasteiger partial charge in [0.25, 0.3) is 5.91 Å². The Labute approximate surface area is 118 Å². The standard InChI is InChI=1S/C14H21N3OS/c1-10-16-7-13(19-10)14(18)17(8-11-4-5-11)9-12-3-2-6-15-12/h7,11-12,15H,2-6,8-9H2,1H3. The summed E-state index contributed by atoms with van der Waals surface area (Å²) in [5, 5.41) is 4.45. The predicted molar refractivity (Wildman–Crippen MR) is 76.5 cm³/mol. The van der Waals surface area contributed by atoms with E-state index in [1.165, 1.54) is 37.0 Å². The van der Waals surface area contributed by atoms with Gasteiger partial charge < -0.3 is 10.2 Å². The van der Waals surface area contributed by atoms with E-state index in [1.807, 2.05) is 11.8 Å². The lowest BCUT2D eigenvalue weighted by Crippen LogP contribution is -2.42. The van der Waals surface area contributed by atoms with Gasteiger partial charge in [-0.15, -0.1) is 11.3 Å². The van der Waals surface area contributed by atoms with Gasteiger partial charge in [-0.05, 0) is 45.1 Å². The summed E-state index contributed by atoms with van der Waals surface area (Å²) < 4.78 is 0. The van der Waals surface area contributed by atoms with Gasteiger partial charge in [0.05, 0.1) is 11.2 Å². The highest BCUT2D eigenvalue weighted by molar-refractivity contribution is 7.13. The average molecular weight is 279 g/mol. The summed E-state index contributed by atoms with van der Waals surface area (Å²) in [6.45, 7) is 4.82. The maximum atomic E-state index is 12.6. The minimum Gasteiger partial charge on any atom is -0.336 e. The molecular weight excluding hydrogens is 258 g/mol. The number of rotatable bonds is 5. The van der Waals surface area contributed by atoms with E-state index in [4.69, 9.17) is 0 Å². The van der Waals surface area contributed by atoms with Crippen LogP contribution in [-0.2, 0) is 0 Å². The first-order chi connectivity index (χ1) is 9.22. The van der Waals surface area contributed by atoms with Crippen molar-refractivity contribution in [3.8, 4) is 0 Å². The molecule has 1 unspecified atom stereocenters. The van der Waals surface area contributed by atoms with Crippen LogP contribution < -0.4 is 5.32 Å². The fourth-order valence-electron chi connectivity index (χ4n) is 2.65. The van der Waals surface area contributed by atoms with E-state index in [2.05, 4.69) is 10.3 Å². The van der Waals surface area contributed by atoms with Gasteiger partial charge in [-0.25, -0.2) is 4.98 Å². The summed E-state index contributed by atoms with van der Waals surface area (Å²) >= 11 is 1.51. The first kappa shape index (κ1) is 13.1. The first-order valence-electron chi connectivity index (χ1n) is 7.17. The lowest BCUT2D eigenvalue weighted by molar-refractivity contribution is 0.0738. The number of aromatic nitrogens is 1. The SMILES string of the molecule is Cc1ncc(C(=O)N(CC2CC2)CC2CCCN2)s1. The number of amides is 1. The molecule has 1 aliphatic heterocycles. The van der Waals surface area contributed by atoms with E-state index in [0.717, 1.165) is 35.4 Å². The zero-order chi connectivity index (χ0) is 13.2. The number of hydrogen-bond donors (Lipinski definition) is 1. The van der Waals surface area contributed by atoms with Crippen molar-refractivity contribution in [1.82, 2.24) is 15.2 Å². The van der Waals surface area contributed by atoms with Crippen LogP contribution in [0.2, 0.25) is 0 Å². The zero-order valence-electron chi connectivity index (χ0n) is 11.4. The Morgan fingerprint density at radius 3 is 2.89 bits per heavy atom. The van der Waals surface area contributed by atoms with Gasteiger partial charge in [0.15, 0.2) is 0 Å². The van der Waals surface area contributed by atoms with Gasteiger partial charge in [-0.2, -0.15) is 0 Å². The van der Waals surface area contributed by atoms with E-state index in [0.29, 0.717) is 6.04 Å². The molecule has 2 aliphatic rings. The molecule has 19 heavy (non-hydrogen) atoms. The van der Waals surface area contributed by atoms with Crippen LogP contribution in [0.5, 0.6) is 0 Å². The van der Waals surface area contributed by atoms with E-state index >= 15 is 0 Å². The Bertz CT molecular complexity index is 449. The number of nitrogens with one attached hydrogen (secondary N) is 1. The van der Waals surface area contributed by atoms with Crippen LogP contribution in [0.15, 0.2) is 6.20 Å². The van der Waals surface area contributed by atoms with Crippen molar-refractivity contribution in [2.75, 3.05) is 19.6 Å². The molecule has 1 aromatic rings. The number of carbonyl (C=O) groups is 1. The number of aryl methyl sites for hydroxylation is 1. The quantitative estimate of drug-likeness (QED) is 0.897. The van der Waals surface area contributed by atoms with Gasteiger partial charge in [0.2, 0.25) is 0 Å². The van der Waals surface area contributed by atoms with Gasteiger partial charge in [-0.1, -0.05) is 0 Å². The van der Waals surface area contributed by atoms with Gasteiger partial charge in [0.1, 0.15) is 4.88 Å². The summed E-state index contributed by atoms with van der Waals surface area (Å²) in [5.74, 6) is 0.908. The lowest BCUT2D eigenvalue weighted by atomic mass is 10.2. The smallest absolute Gasteiger partial charge is 0.265 e. The van der Waals surface area contributed by atoms with Crippen molar-refractivity contribution in [2.24, 2.45) is 5.92 Å². The Balaban J connectivity index is 1.67. The Morgan fingerprint density at radius 2 is 2.32 bits per heavy atom. The second-order valence-electron chi connectivity index (χ2n) is 5.69. The van der Waals surface area contributed by atoms with Crippen molar-refractivity contribution in [3.63, 3.8) is 0 Å². The predicted octanol–water partition coefficient (Wildman–Crippen LogP) is 2.06. The summed E-state index contributed by atoms with van der Waals surface area (Å²) in [5.41, 5.74) is 0. The molecule has 1 saturated heterocycles. The van der Waals surface area contributed by atoms with Crippen molar-refractivity contribution in [1.29, 1.82) is 0 Å². The van der Waals surface area contributed by atoms with E-state index < -0.39 is 0 Å². The number of nitrogens with zero attached hydrogens (tertiary/aromatic N) is 2. The van der Waals surface area contributed by atoms with Crippen molar-refractivity contribution in [2.45, 2.75) is 38.6 Å². The van der Waals surface area contributed by atoms with E-state index in [9.17, 15) is 4.79 Å². The minimum absolute atomic E-state index is 0.172. The van der Waals surface area contributed by atoms with Crippen LogP contribution in [-0.4, -0.2) is 41.5 Å². The van der Waals surface area contributed by atoms with Crippen molar-refractivity contribution in [3.05, 3.63) is 16.1 Å². The molecule has 0 radical (unpaired) electrons. The third kappa shape index (κ3) is 3.34. The van der Waals surface area contributed by atoms with Crippen LogP contribution in [0.1, 0.15) is 40.4 Å². The summed E-state index contributed by atoms with van der Waals surface area (Å²) in [4.78, 5) is 19.6. The van der Waals surface area contributed by atoms with Crippen molar-refractivity contribution < 1.29 is 4.79 Å². The molecule has 0 aromatic carbocycles. The minimum atomic E-state index is 0.172. The second kappa shape index (κ2) is 5.59. The van der Waals surface area contributed by atoms with E-state index in [1.54, 1.807) is 6.20 Å². The molecule has 104 valence electrons. The molecule has 2 fully saturated rings. The Hall–Kier alpha value is -0.940. The molecule has 1 amide bonds. The molecule has 1 N–H and O–H groups in total. The molecule has 4 nitrogen and oxygen atoms in total. The molecule has 1 saturated carbocycles. The normalized spacial score (nSPS) is 22.7. The zero-order valence-corrected chi connectivity index (χ0v) is 12.2. The summed E-state index contributed by atoms with van der Waals surface area (Å²) in [6, 6.07) is 0.483. The third-order valence-electron chi connectivity index (χ3n) is 3.90. The fraction of sp³-hybridized carbons (Fsp3) is 0.714. The van der Waals surface area contributed by atoms with Gasteiger partial charge in [0, 0.05) is 19.1 Å². The largest absolute Gasteiger partial charge is 0.336 e. The summed E-state index contributed by atoms with van der Waals surface area (Å²) in [7, 11) is 0. The molecular formula is C14H21N3OS. The van der Waals surface area contributed by atoms with Crippen LogP contribution >= 0.6 is 11.3 Å². The highest BCUT2D eigenvalue weighted by atomic mass is 32.1. The number of hydrogen-bond acceptors (Lipinski definition) is 4. The number of carbonyl (C=O) groups excluding carboxylic acids is 1. The maximum Gasteiger partial charge on any atom is 0.265 e. The third-order valence-corrected chi connectivity index (χ3v) is 4.80. The molecule has 0 bridgehead atoms. The average Bonchev–Trinajstić information content (AvgIpc) is 2.89. The monoisotopic (exact) mass is 279 g/mol. The van der Waals surface area contributed by atoms with Crippen LogP contribution in [0.3, 0.4) is 0 Å². The van der Waals surface area contributed by atoms with Gasteiger partial charge in [-0.3, -0.25) is 4.79 Å². The molecule has 3 rings (SSSR count). The summed E-state index contributed by atoms with van der Waals surface area (Å²) in [6.07, 6.45) is 6.71. The highest BCUT2D eigenvalue weighted by Crippen LogP contribution is 2.30. The molecule has 2 heterocycles. The maximum absolute atomic E-state index is 12.6. The molecule has 1 aromatic heterocycles. The highest BCUT2D eigenvalue weighted by Gasteiger charge is 2.30. The first-order valence-corrected chi connectivity index (χ1v) is 7.99. The fourth-order valence-corrected chi connectivity index (χ4v) is 3.39. The number of thiazole rings is 1. The van der Waals surface area contributed by atoms with Crippen LogP contribution in [0.25, 0.3) is 0 Å². The Morgan fingerprint density at radius 1 is 1.47 bits per heavy atom. The molecule has 1 aliphatic carbocycles. The van der Waals surface area contributed by atoms with E-state index in [-0.39, 0.29) is 5.91 Å².